The van der Waals surface area contributed by atoms with Crippen molar-refractivity contribution in [2.45, 2.75) is 6.04 Å². The maximum atomic E-state index is 13.0. The lowest BCUT2D eigenvalue weighted by molar-refractivity contribution is -0.140. The molecule has 1 amide bonds. The predicted molar refractivity (Wildman–Crippen MR) is 119 cm³/mol. The standard InChI is InChI=1S/C23H25ClN2O5/c1-25(2)11-12-26-20(15-7-5-6-8-17(15)30-3)19(22(28)23(26)29)21(27)14-9-10-18(31-4)16(24)13-14/h5-10,13,20,27H,11-12H2,1-4H3/t20-/m1/s1. The van der Waals surface area contributed by atoms with Crippen LogP contribution in [0.1, 0.15) is 17.2 Å². The lowest BCUT2D eigenvalue weighted by Crippen LogP contribution is -2.35. The number of halogens is 1. The Balaban J connectivity index is 2.20. The third-order valence-electron chi connectivity index (χ3n) is 5.19. The van der Waals surface area contributed by atoms with Crippen LogP contribution in [0.25, 0.3) is 5.76 Å². The summed E-state index contributed by atoms with van der Waals surface area (Å²) in [6, 6.07) is 11.0. The van der Waals surface area contributed by atoms with Crippen molar-refractivity contribution < 1.29 is 24.2 Å². The van der Waals surface area contributed by atoms with Crippen molar-refractivity contribution in [3.8, 4) is 11.5 Å². The van der Waals surface area contributed by atoms with Gasteiger partial charge in [0.05, 0.1) is 30.9 Å². The maximum Gasteiger partial charge on any atom is 0.295 e. The second-order valence-corrected chi connectivity index (χ2v) is 7.79. The van der Waals surface area contributed by atoms with E-state index in [0.717, 1.165) is 0 Å². The summed E-state index contributed by atoms with van der Waals surface area (Å²) in [5.74, 6) is -0.766. The summed E-state index contributed by atoms with van der Waals surface area (Å²) in [5.41, 5.74) is 0.926. The molecule has 1 fully saturated rings. The predicted octanol–water partition coefficient (Wildman–Crippen LogP) is 3.34. The van der Waals surface area contributed by atoms with Gasteiger partial charge in [-0.05, 0) is 38.4 Å². The Morgan fingerprint density at radius 2 is 1.77 bits per heavy atom. The zero-order valence-electron chi connectivity index (χ0n) is 17.9. The fourth-order valence-corrected chi connectivity index (χ4v) is 3.86. The number of nitrogens with zero attached hydrogens (tertiary/aromatic N) is 2. The Morgan fingerprint density at radius 1 is 1.10 bits per heavy atom. The lowest BCUT2D eigenvalue weighted by atomic mass is 9.94. The molecule has 0 radical (unpaired) electrons. The number of likely N-dealkylation sites (tertiary alicyclic amines) is 1. The van der Waals surface area contributed by atoms with E-state index in [0.29, 0.717) is 35.7 Å². The molecular formula is C23H25ClN2O5. The molecule has 1 heterocycles. The van der Waals surface area contributed by atoms with E-state index in [2.05, 4.69) is 0 Å². The summed E-state index contributed by atoms with van der Waals surface area (Å²) < 4.78 is 10.6. The SMILES string of the molecule is COc1ccc(C(O)=C2C(=O)C(=O)N(CCN(C)C)[C@@H]2c2ccccc2OC)cc1Cl. The van der Waals surface area contributed by atoms with Gasteiger partial charge < -0.3 is 24.4 Å². The first-order valence-corrected chi connectivity index (χ1v) is 10.1. The Morgan fingerprint density at radius 3 is 2.39 bits per heavy atom. The van der Waals surface area contributed by atoms with Gasteiger partial charge in [0.25, 0.3) is 11.7 Å². The zero-order chi connectivity index (χ0) is 22.7. The molecule has 1 saturated heterocycles. The Labute approximate surface area is 186 Å². The van der Waals surface area contributed by atoms with Crippen LogP contribution in [0.4, 0.5) is 0 Å². The van der Waals surface area contributed by atoms with Crippen LogP contribution in [0.15, 0.2) is 48.0 Å². The summed E-state index contributed by atoms with van der Waals surface area (Å²) in [4.78, 5) is 29.4. The molecule has 8 heteroatoms. The minimum absolute atomic E-state index is 0.00510. The highest BCUT2D eigenvalue weighted by atomic mass is 35.5. The van der Waals surface area contributed by atoms with Crippen molar-refractivity contribution in [3.05, 3.63) is 64.2 Å². The van der Waals surface area contributed by atoms with Crippen molar-refractivity contribution >= 4 is 29.1 Å². The molecule has 2 aromatic carbocycles. The number of amides is 1. The number of likely N-dealkylation sites (N-methyl/N-ethyl adjacent to an activating group) is 1. The largest absolute Gasteiger partial charge is 0.507 e. The molecule has 0 spiro atoms. The molecule has 3 rings (SSSR count). The first-order valence-electron chi connectivity index (χ1n) is 9.70. The molecular weight excluding hydrogens is 420 g/mol. The first-order chi connectivity index (χ1) is 14.8. The van der Waals surface area contributed by atoms with E-state index in [1.165, 1.54) is 25.2 Å². The van der Waals surface area contributed by atoms with Gasteiger partial charge >= 0.3 is 0 Å². The molecule has 0 aliphatic carbocycles. The van der Waals surface area contributed by atoms with Crippen molar-refractivity contribution in [3.63, 3.8) is 0 Å². The number of benzene rings is 2. The Bertz CT molecular complexity index is 1030. The number of carbonyl (C=O) groups is 2. The normalized spacial score (nSPS) is 18.0. The molecule has 1 aliphatic rings. The van der Waals surface area contributed by atoms with E-state index in [-0.39, 0.29) is 16.4 Å². The summed E-state index contributed by atoms with van der Waals surface area (Å²) in [6.45, 7) is 0.855. The molecule has 0 aromatic heterocycles. The average molecular weight is 445 g/mol. The molecule has 0 bridgehead atoms. The maximum absolute atomic E-state index is 13.0. The molecule has 31 heavy (non-hydrogen) atoms. The minimum atomic E-state index is -0.794. The van der Waals surface area contributed by atoms with Gasteiger partial charge in [0.15, 0.2) is 0 Å². The molecule has 1 N–H and O–H groups in total. The van der Waals surface area contributed by atoms with E-state index < -0.39 is 17.7 Å². The number of methoxy groups -OCH3 is 2. The summed E-state index contributed by atoms with van der Waals surface area (Å²) in [7, 11) is 6.77. The zero-order valence-corrected chi connectivity index (χ0v) is 18.6. The third kappa shape index (κ3) is 4.38. The van der Waals surface area contributed by atoms with Gasteiger partial charge in [-0.3, -0.25) is 9.59 Å². The van der Waals surface area contributed by atoms with Crippen molar-refractivity contribution in [1.29, 1.82) is 0 Å². The average Bonchev–Trinajstić information content (AvgIpc) is 3.01. The minimum Gasteiger partial charge on any atom is -0.507 e. The smallest absolute Gasteiger partial charge is 0.295 e. The molecule has 2 aromatic rings. The number of hydrogen-bond acceptors (Lipinski definition) is 6. The quantitative estimate of drug-likeness (QED) is 0.401. The topological polar surface area (TPSA) is 79.3 Å². The highest BCUT2D eigenvalue weighted by molar-refractivity contribution is 6.46. The van der Waals surface area contributed by atoms with E-state index in [1.807, 2.05) is 19.0 Å². The number of aliphatic hydroxyl groups excluding tert-OH is 1. The fourth-order valence-electron chi connectivity index (χ4n) is 3.60. The van der Waals surface area contributed by atoms with Gasteiger partial charge in [0.2, 0.25) is 0 Å². The second kappa shape index (κ2) is 9.41. The van der Waals surface area contributed by atoms with Crippen molar-refractivity contribution in [2.75, 3.05) is 41.4 Å². The van der Waals surface area contributed by atoms with Crippen LogP contribution in [0.2, 0.25) is 5.02 Å². The van der Waals surface area contributed by atoms with Crippen LogP contribution >= 0.6 is 11.6 Å². The number of ether oxygens (including phenoxy) is 2. The number of para-hydroxylation sites is 1. The summed E-state index contributed by atoms with van der Waals surface area (Å²) in [6.07, 6.45) is 0. The Hall–Kier alpha value is -3.03. The summed E-state index contributed by atoms with van der Waals surface area (Å²) >= 11 is 6.21. The number of carbonyl (C=O) groups excluding carboxylic acids is 2. The van der Waals surface area contributed by atoms with E-state index in [1.54, 1.807) is 36.4 Å². The third-order valence-corrected chi connectivity index (χ3v) is 5.48. The van der Waals surface area contributed by atoms with Crippen LogP contribution in [-0.4, -0.2) is 68.0 Å². The molecule has 1 atom stereocenters. The molecule has 0 unspecified atom stereocenters. The highest BCUT2D eigenvalue weighted by Gasteiger charge is 2.46. The summed E-state index contributed by atoms with van der Waals surface area (Å²) in [5, 5.41) is 11.4. The van der Waals surface area contributed by atoms with E-state index >= 15 is 0 Å². The molecule has 164 valence electrons. The molecule has 1 aliphatic heterocycles. The second-order valence-electron chi connectivity index (χ2n) is 7.39. The number of aliphatic hydroxyl groups is 1. The fraction of sp³-hybridized carbons (Fsp3) is 0.304. The van der Waals surface area contributed by atoms with Gasteiger partial charge in [0.1, 0.15) is 17.3 Å². The number of hydrogen-bond donors (Lipinski definition) is 1. The van der Waals surface area contributed by atoms with Crippen LogP contribution < -0.4 is 9.47 Å². The molecule has 0 saturated carbocycles. The monoisotopic (exact) mass is 444 g/mol. The van der Waals surface area contributed by atoms with E-state index in [4.69, 9.17) is 21.1 Å². The Kier molecular flexibility index (Phi) is 6.87. The van der Waals surface area contributed by atoms with Crippen molar-refractivity contribution in [2.24, 2.45) is 0 Å². The van der Waals surface area contributed by atoms with Crippen LogP contribution in [0.5, 0.6) is 11.5 Å². The van der Waals surface area contributed by atoms with E-state index in [9.17, 15) is 14.7 Å². The van der Waals surface area contributed by atoms with Crippen molar-refractivity contribution in [1.82, 2.24) is 9.80 Å². The number of ketones is 1. The van der Waals surface area contributed by atoms with Crippen LogP contribution in [0.3, 0.4) is 0 Å². The number of Topliss-reactive ketones (excluding diaryl/α,β-unsaturated/α-hetero) is 1. The van der Waals surface area contributed by atoms with Gasteiger partial charge in [-0.2, -0.15) is 0 Å². The first kappa shape index (κ1) is 22.7. The van der Waals surface area contributed by atoms with Gasteiger partial charge in [-0.25, -0.2) is 0 Å². The highest BCUT2D eigenvalue weighted by Crippen LogP contribution is 2.43. The van der Waals surface area contributed by atoms with Gasteiger partial charge in [-0.1, -0.05) is 29.8 Å². The van der Waals surface area contributed by atoms with Crippen LogP contribution in [-0.2, 0) is 9.59 Å². The van der Waals surface area contributed by atoms with Gasteiger partial charge in [0, 0.05) is 24.2 Å². The van der Waals surface area contributed by atoms with Gasteiger partial charge in [-0.15, -0.1) is 0 Å². The number of rotatable bonds is 7. The van der Waals surface area contributed by atoms with Crippen LogP contribution in [0, 0.1) is 0 Å². The molecule has 7 nitrogen and oxygen atoms in total. The lowest BCUT2D eigenvalue weighted by Gasteiger charge is -2.27.